The van der Waals surface area contributed by atoms with Crippen LogP contribution in [0.15, 0.2) is 48.6 Å². The molecule has 1 rings (SSSR count). The number of hydrogen-bond acceptors (Lipinski definition) is 2. The monoisotopic (exact) mass is 188 g/mol. The quantitative estimate of drug-likeness (QED) is 0.413. The summed E-state index contributed by atoms with van der Waals surface area (Å²) < 4.78 is 4.44. The second kappa shape index (κ2) is 5.75. The zero-order chi connectivity index (χ0) is 10.2. The lowest BCUT2D eigenvalue weighted by atomic mass is 10.2. The third-order valence-electron chi connectivity index (χ3n) is 1.63. The third kappa shape index (κ3) is 3.72. The average Bonchev–Trinajstić information content (AvgIpc) is 2.25. The van der Waals surface area contributed by atoms with Gasteiger partial charge in [0.15, 0.2) is 0 Å². The van der Waals surface area contributed by atoms with Gasteiger partial charge in [-0.05, 0) is 5.56 Å². The molecule has 0 unspecified atom stereocenters. The average molecular weight is 188 g/mol. The predicted octanol–water partition coefficient (Wildman–Crippen LogP) is 2.43. The van der Waals surface area contributed by atoms with E-state index in [0.29, 0.717) is 0 Å². The van der Waals surface area contributed by atoms with E-state index in [1.165, 1.54) is 13.2 Å². The van der Waals surface area contributed by atoms with Crippen molar-refractivity contribution in [1.82, 2.24) is 0 Å². The van der Waals surface area contributed by atoms with Gasteiger partial charge in [-0.25, -0.2) is 4.79 Å². The van der Waals surface area contributed by atoms with Gasteiger partial charge in [0.2, 0.25) is 0 Å². The second-order valence-electron chi connectivity index (χ2n) is 2.65. The maximum Gasteiger partial charge on any atom is 0.330 e. The maximum atomic E-state index is 10.7. The van der Waals surface area contributed by atoms with Gasteiger partial charge in [-0.3, -0.25) is 0 Å². The number of carbonyl (C=O) groups is 1. The molecule has 2 nitrogen and oxygen atoms in total. The third-order valence-corrected chi connectivity index (χ3v) is 1.63. The van der Waals surface area contributed by atoms with Gasteiger partial charge in [-0.15, -0.1) is 0 Å². The van der Waals surface area contributed by atoms with Gasteiger partial charge in [-0.2, -0.15) is 0 Å². The van der Waals surface area contributed by atoms with Crippen molar-refractivity contribution in [3.63, 3.8) is 0 Å². The van der Waals surface area contributed by atoms with E-state index < -0.39 is 0 Å². The Balaban J connectivity index is 2.50. The van der Waals surface area contributed by atoms with Crippen LogP contribution in [0.2, 0.25) is 0 Å². The van der Waals surface area contributed by atoms with Crippen LogP contribution in [0.1, 0.15) is 5.56 Å². The molecule has 0 aromatic heterocycles. The van der Waals surface area contributed by atoms with E-state index in [4.69, 9.17) is 0 Å². The first-order valence-electron chi connectivity index (χ1n) is 4.30. The molecule has 1 aromatic rings. The molecule has 0 atom stereocenters. The van der Waals surface area contributed by atoms with Crippen LogP contribution in [0.25, 0.3) is 6.08 Å². The number of rotatable bonds is 3. The fraction of sp³-hybridized carbons (Fsp3) is 0.0833. The molecule has 0 amide bonds. The van der Waals surface area contributed by atoms with Crippen molar-refractivity contribution in [3.8, 4) is 0 Å². The zero-order valence-corrected chi connectivity index (χ0v) is 8.01. The molecule has 0 saturated heterocycles. The highest BCUT2D eigenvalue weighted by Gasteiger charge is 1.86. The van der Waals surface area contributed by atoms with Crippen LogP contribution < -0.4 is 0 Å². The number of benzene rings is 1. The van der Waals surface area contributed by atoms with Crippen LogP contribution in [0, 0.1) is 0 Å². The Morgan fingerprint density at radius 1 is 1.21 bits per heavy atom. The highest BCUT2D eigenvalue weighted by atomic mass is 16.5. The molecule has 0 saturated carbocycles. The van der Waals surface area contributed by atoms with E-state index >= 15 is 0 Å². The van der Waals surface area contributed by atoms with E-state index in [1.54, 1.807) is 12.2 Å². The van der Waals surface area contributed by atoms with E-state index in [9.17, 15) is 4.79 Å². The highest BCUT2D eigenvalue weighted by Crippen LogP contribution is 2.00. The summed E-state index contributed by atoms with van der Waals surface area (Å²) in [5.41, 5.74) is 1.10. The molecular formula is C12H12O2. The second-order valence-corrected chi connectivity index (χ2v) is 2.65. The molecule has 72 valence electrons. The lowest BCUT2D eigenvalue weighted by molar-refractivity contribution is -0.134. The van der Waals surface area contributed by atoms with Crippen LogP contribution in [0.3, 0.4) is 0 Å². The Kier molecular flexibility index (Phi) is 4.21. The van der Waals surface area contributed by atoms with Crippen molar-refractivity contribution < 1.29 is 9.53 Å². The minimum absolute atomic E-state index is 0.345. The smallest absolute Gasteiger partial charge is 0.330 e. The number of ether oxygens (including phenoxy) is 1. The van der Waals surface area contributed by atoms with E-state index in [0.717, 1.165) is 5.56 Å². The molecule has 0 aliphatic heterocycles. The van der Waals surface area contributed by atoms with Crippen LogP contribution >= 0.6 is 0 Å². The Hall–Kier alpha value is -1.83. The summed E-state index contributed by atoms with van der Waals surface area (Å²) in [4.78, 5) is 10.7. The van der Waals surface area contributed by atoms with E-state index in [-0.39, 0.29) is 5.97 Å². The molecule has 0 aliphatic carbocycles. The molecule has 0 bridgehead atoms. The lowest BCUT2D eigenvalue weighted by Crippen LogP contribution is -1.92. The summed E-state index contributed by atoms with van der Waals surface area (Å²) >= 11 is 0. The summed E-state index contributed by atoms with van der Waals surface area (Å²) in [6, 6.07) is 9.86. The highest BCUT2D eigenvalue weighted by molar-refractivity contribution is 5.82. The number of methoxy groups -OCH3 is 1. The summed E-state index contributed by atoms with van der Waals surface area (Å²) in [6.07, 6.45) is 6.74. The van der Waals surface area contributed by atoms with Crippen LogP contribution in [-0.2, 0) is 9.53 Å². The van der Waals surface area contributed by atoms with Gasteiger partial charge in [0.25, 0.3) is 0 Å². The molecule has 2 heteroatoms. The minimum atomic E-state index is -0.345. The molecule has 1 aromatic carbocycles. The van der Waals surface area contributed by atoms with Crippen molar-refractivity contribution >= 4 is 12.0 Å². The fourth-order valence-electron chi connectivity index (χ4n) is 0.933. The Morgan fingerprint density at radius 3 is 2.57 bits per heavy atom. The summed E-state index contributed by atoms with van der Waals surface area (Å²) in [6.45, 7) is 0. The lowest BCUT2D eigenvalue weighted by Gasteiger charge is -1.89. The molecule has 0 heterocycles. The van der Waals surface area contributed by atoms with E-state index in [1.807, 2.05) is 36.4 Å². The van der Waals surface area contributed by atoms with Crippen molar-refractivity contribution in [2.45, 2.75) is 0 Å². The van der Waals surface area contributed by atoms with E-state index in [2.05, 4.69) is 4.74 Å². The first-order valence-corrected chi connectivity index (χ1v) is 4.30. The normalized spacial score (nSPS) is 10.9. The largest absolute Gasteiger partial charge is 0.466 e. The number of carbonyl (C=O) groups excluding carboxylic acids is 1. The minimum Gasteiger partial charge on any atom is -0.466 e. The van der Waals surface area contributed by atoms with Gasteiger partial charge in [0.05, 0.1) is 7.11 Å². The number of hydrogen-bond donors (Lipinski definition) is 0. The van der Waals surface area contributed by atoms with Crippen molar-refractivity contribution in [2.24, 2.45) is 0 Å². The standard InChI is InChI=1S/C12H12O2/c1-14-12(13)10-6-5-9-11-7-3-2-4-8-11/h2-10H,1H3/b9-5?,10-6+. The summed E-state index contributed by atoms with van der Waals surface area (Å²) in [5, 5.41) is 0. The Morgan fingerprint density at radius 2 is 1.93 bits per heavy atom. The Bertz CT molecular complexity index is 337. The molecule has 0 aliphatic rings. The van der Waals surface area contributed by atoms with Gasteiger partial charge in [0.1, 0.15) is 0 Å². The first-order chi connectivity index (χ1) is 6.83. The van der Waals surface area contributed by atoms with Gasteiger partial charge in [-0.1, -0.05) is 48.6 Å². The molecular weight excluding hydrogens is 176 g/mol. The van der Waals surface area contributed by atoms with Crippen molar-refractivity contribution in [2.75, 3.05) is 7.11 Å². The van der Waals surface area contributed by atoms with Crippen LogP contribution in [0.5, 0.6) is 0 Å². The first kappa shape index (κ1) is 10.3. The molecule has 0 radical (unpaired) electrons. The maximum absolute atomic E-state index is 10.7. The molecule has 0 fully saturated rings. The Labute approximate surface area is 83.5 Å². The van der Waals surface area contributed by atoms with Crippen molar-refractivity contribution in [3.05, 3.63) is 54.1 Å². The zero-order valence-electron chi connectivity index (χ0n) is 8.01. The fourth-order valence-corrected chi connectivity index (χ4v) is 0.933. The number of esters is 1. The van der Waals surface area contributed by atoms with Crippen LogP contribution in [0.4, 0.5) is 0 Å². The SMILES string of the molecule is COC(=O)/C=C/C=Cc1ccccc1. The molecule has 0 N–H and O–H groups in total. The summed E-state index contributed by atoms with van der Waals surface area (Å²) in [5.74, 6) is -0.345. The summed E-state index contributed by atoms with van der Waals surface area (Å²) in [7, 11) is 1.35. The van der Waals surface area contributed by atoms with Gasteiger partial charge >= 0.3 is 5.97 Å². The van der Waals surface area contributed by atoms with Gasteiger partial charge in [0, 0.05) is 6.08 Å². The predicted molar refractivity (Wildman–Crippen MR) is 56.6 cm³/mol. The van der Waals surface area contributed by atoms with Crippen molar-refractivity contribution in [1.29, 1.82) is 0 Å². The molecule has 0 spiro atoms. The van der Waals surface area contributed by atoms with Gasteiger partial charge < -0.3 is 4.74 Å². The number of allylic oxidation sites excluding steroid dienone is 2. The molecule has 14 heavy (non-hydrogen) atoms. The van der Waals surface area contributed by atoms with Crippen LogP contribution in [-0.4, -0.2) is 13.1 Å². The topological polar surface area (TPSA) is 26.3 Å².